The van der Waals surface area contributed by atoms with Crippen LogP contribution in [0.3, 0.4) is 0 Å². The van der Waals surface area contributed by atoms with Crippen molar-refractivity contribution in [2.24, 2.45) is 0 Å². The number of hydrogen-bond acceptors (Lipinski definition) is 3. The molecule has 1 heterocycles. The van der Waals surface area contributed by atoms with Crippen molar-refractivity contribution < 1.29 is 5.11 Å². The largest absolute Gasteiger partial charge is 0.384 e. The Morgan fingerprint density at radius 2 is 1.72 bits per heavy atom. The average Bonchev–Trinajstić information content (AvgIpc) is 2.38. The van der Waals surface area contributed by atoms with E-state index in [0.29, 0.717) is 0 Å². The molecule has 1 aromatic carbocycles. The van der Waals surface area contributed by atoms with Gasteiger partial charge in [-0.1, -0.05) is 18.2 Å². The van der Waals surface area contributed by atoms with E-state index in [0.717, 1.165) is 22.4 Å². The van der Waals surface area contributed by atoms with E-state index in [2.05, 4.69) is 4.98 Å². The molecule has 0 radical (unpaired) electrons. The second kappa shape index (κ2) is 5.19. The van der Waals surface area contributed by atoms with Gasteiger partial charge in [-0.15, -0.1) is 0 Å². The first-order chi connectivity index (χ1) is 8.58. The van der Waals surface area contributed by atoms with Gasteiger partial charge >= 0.3 is 0 Å². The van der Waals surface area contributed by atoms with E-state index in [4.69, 9.17) is 0 Å². The smallest absolute Gasteiger partial charge is 0.106 e. The van der Waals surface area contributed by atoms with Gasteiger partial charge in [0.2, 0.25) is 0 Å². The first kappa shape index (κ1) is 12.6. The molecule has 0 aliphatic carbocycles. The minimum atomic E-state index is -0.617. The Hall–Kier alpha value is -1.87. The quantitative estimate of drug-likeness (QED) is 0.898. The normalized spacial score (nSPS) is 12.2. The maximum Gasteiger partial charge on any atom is 0.106 e. The zero-order valence-electron chi connectivity index (χ0n) is 11.0. The molecule has 3 heteroatoms. The second-order valence-electron chi connectivity index (χ2n) is 4.68. The van der Waals surface area contributed by atoms with Crippen molar-refractivity contribution in [3.8, 4) is 0 Å². The van der Waals surface area contributed by atoms with Crippen molar-refractivity contribution in [1.82, 2.24) is 4.98 Å². The minimum Gasteiger partial charge on any atom is -0.384 e. The molecule has 0 saturated carbocycles. The monoisotopic (exact) mass is 242 g/mol. The molecule has 3 nitrogen and oxygen atoms in total. The highest BCUT2D eigenvalue weighted by atomic mass is 16.3. The van der Waals surface area contributed by atoms with Crippen LogP contribution in [-0.2, 0) is 0 Å². The van der Waals surface area contributed by atoms with Gasteiger partial charge in [0.1, 0.15) is 6.10 Å². The SMILES string of the molecule is Cc1cncc(C(O)c2ccc(N(C)C)cc2)c1. The summed E-state index contributed by atoms with van der Waals surface area (Å²) in [6.07, 6.45) is 2.87. The highest BCUT2D eigenvalue weighted by Gasteiger charge is 2.10. The lowest BCUT2D eigenvalue weighted by Crippen LogP contribution is -2.08. The van der Waals surface area contributed by atoms with E-state index in [9.17, 15) is 5.11 Å². The van der Waals surface area contributed by atoms with Crippen LogP contribution in [0.25, 0.3) is 0 Å². The fourth-order valence-corrected chi connectivity index (χ4v) is 1.88. The van der Waals surface area contributed by atoms with Gasteiger partial charge in [0.25, 0.3) is 0 Å². The number of hydrogen-bond donors (Lipinski definition) is 1. The summed E-state index contributed by atoms with van der Waals surface area (Å²) in [6, 6.07) is 9.85. The first-order valence-corrected chi connectivity index (χ1v) is 5.95. The molecule has 1 aromatic heterocycles. The molecule has 94 valence electrons. The summed E-state index contributed by atoms with van der Waals surface area (Å²) < 4.78 is 0. The Labute approximate surface area is 108 Å². The van der Waals surface area contributed by atoms with Gasteiger partial charge in [0, 0.05) is 37.7 Å². The third-order valence-electron chi connectivity index (χ3n) is 2.94. The Bertz CT molecular complexity index is 520. The van der Waals surface area contributed by atoms with E-state index < -0.39 is 6.10 Å². The van der Waals surface area contributed by atoms with Crippen molar-refractivity contribution >= 4 is 5.69 Å². The molecule has 0 aliphatic heterocycles. The lowest BCUT2D eigenvalue weighted by atomic mass is 10.0. The number of aryl methyl sites for hydroxylation is 1. The zero-order valence-corrected chi connectivity index (χ0v) is 11.0. The molecular formula is C15H18N2O. The molecule has 2 aromatic rings. The number of rotatable bonds is 3. The second-order valence-corrected chi connectivity index (χ2v) is 4.68. The van der Waals surface area contributed by atoms with E-state index in [1.165, 1.54) is 0 Å². The van der Waals surface area contributed by atoms with E-state index in [-0.39, 0.29) is 0 Å². The van der Waals surface area contributed by atoms with Crippen molar-refractivity contribution in [3.63, 3.8) is 0 Å². The summed E-state index contributed by atoms with van der Waals surface area (Å²) in [5.41, 5.74) is 3.88. The molecule has 0 spiro atoms. The first-order valence-electron chi connectivity index (χ1n) is 5.95. The highest BCUT2D eigenvalue weighted by Crippen LogP contribution is 2.23. The Morgan fingerprint density at radius 1 is 1.06 bits per heavy atom. The molecule has 0 saturated heterocycles. The van der Waals surface area contributed by atoms with Crippen molar-refractivity contribution in [1.29, 1.82) is 0 Å². The molecule has 1 N–H and O–H groups in total. The van der Waals surface area contributed by atoms with Crippen LogP contribution in [0.5, 0.6) is 0 Å². The topological polar surface area (TPSA) is 36.4 Å². The standard InChI is InChI=1S/C15H18N2O/c1-11-8-13(10-16-9-11)15(18)12-4-6-14(7-5-12)17(2)3/h4-10,15,18H,1-3H3. The fourth-order valence-electron chi connectivity index (χ4n) is 1.88. The predicted octanol–water partition coefficient (Wildman–Crippen LogP) is 2.54. The van der Waals surface area contributed by atoms with Crippen molar-refractivity contribution in [2.45, 2.75) is 13.0 Å². The Balaban J connectivity index is 2.26. The van der Waals surface area contributed by atoms with Gasteiger partial charge in [0.15, 0.2) is 0 Å². The van der Waals surface area contributed by atoms with Crippen molar-refractivity contribution in [3.05, 3.63) is 59.4 Å². The number of aliphatic hydroxyl groups excluding tert-OH is 1. The lowest BCUT2D eigenvalue weighted by Gasteiger charge is -2.15. The van der Waals surface area contributed by atoms with Gasteiger partial charge < -0.3 is 10.0 Å². The number of anilines is 1. The summed E-state index contributed by atoms with van der Waals surface area (Å²) >= 11 is 0. The number of aliphatic hydroxyl groups is 1. The lowest BCUT2D eigenvalue weighted by molar-refractivity contribution is 0.220. The molecule has 0 aliphatic rings. The summed E-state index contributed by atoms with van der Waals surface area (Å²) in [5, 5.41) is 10.3. The van der Waals surface area contributed by atoms with Crippen LogP contribution in [0.1, 0.15) is 22.8 Å². The summed E-state index contributed by atoms with van der Waals surface area (Å²) in [7, 11) is 3.99. The number of aromatic nitrogens is 1. The maximum absolute atomic E-state index is 10.3. The fraction of sp³-hybridized carbons (Fsp3) is 0.267. The molecular weight excluding hydrogens is 224 g/mol. The third-order valence-corrected chi connectivity index (χ3v) is 2.94. The predicted molar refractivity (Wildman–Crippen MR) is 73.8 cm³/mol. The number of nitrogens with zero attached hydrogens (tertiary/aromatic N) is 2. The number of benzene rings is 1. The minimum absolute atomic E-state index is 0.617. The maximum atomic E-state index is 10.3. The molecule has 1 atom stereocenters. The highest BCUT2D eigenvalue weighted by molar-refractivity contribution is 5.47. The van der Waals surface area contributed by atoms with E-state index in [1.807, 2.05) is 56.3 Å². The molecule has 18 heavy (non-hydrogen) atoms. The number of pyridine rings is 1. The molecule has 0 fully saturated rings. The Kier molecular flexibility index (Phi) is 3.63. The van der Waals surface area contributed by atoms with Crippen LogP contribution in [-0.4, -0.2) is 24.2 Å². The van der Waals surface area contributed by atoms with Crippen LogP contribution in [0.15, 0.2) is 42.7 Å². The van der Waals surface area contributed by atoms with Crippen LogP contribution in [0.4, 0.5) is 5.69 Å². The van der Waals surface area contributed by atoms with Crippen LogP contribution in [0, 0.1) is 6.92 Å². The van der Waals surface area contributed by atoms with Gasteiger partial charge in [-0.05, 0) is 30.2 Å². The average molecular weight is 242 g/mol. The van der Waals surface area contributed by atoms with Crippen LogP contribution in [0.2, 0.25) is 0 Å². The molecule has 0 bridgehead atoms. The van der Waals surface area contributed by atoms with E-state index >= 15 is 0 Å². The van der Waals surface area contributed by atoms with Crippen LogP contribution < -0.4 is 4.90 Å². The Morgan fingerprint density at radius 3 is 2.28 bits per heavy atom. The van der Waals surface area contributed by atoms with Gasteiger partial charge in [-0.2, -0.15) is 0 Å². The van der Waals surface area contributed by atoms with Gasteiger partial charge in [-0.25, -0.2) is 0 Å². The molecule has 2 rings (SSSR count). The molecule has 1 unspecified atom stereocenters. The van der Waals surface area contributed by atoms with Gasteiger partial charge in [-0.3, -0.25) is 4.98 Å². The van der Waals surface area contributed by atoms with Gasteiger partial charge in [0.05, 0.1) is 0 Å². The van der Waals surface area contributed by atoms with Crippen molar-refractivity contribution in [2.75, 3.05) is 19.0 Å². The van der Waals surface area contributed by atoms with E-state index in [1.54, 1.807) is 12.4 Å². The summed E-state index contributed by atoms with van der Waals surface area (Å²) in [5.74, 6) is 0. The molecule has 0 amide bonds. The summed E-state index contributed by atoms with van der Waals surface area (Å²) in [6.45, 7) is 1.97. The third kappa shape index (κ3) is 2.68. The zero-order chi connectivity index (χ0) is 13.1. The summed E-state index contributed by atoms with van der Waals surface area (Å²) in [4.78, 5) is 6.14. The van der Waals surface area contributed by atoms with Crippen LogP contribution >= 0.6 is 0 Å².